The first-order valence-corrected chi connectivity index (χ1v) is 7.41. The minimum atomic E-state index is -4.65. The van der Waals surface area contributed by atoms with Gasteiger partial charge in [-0.05, 0) is 18.3 Å². The summed E-state index contributed by atoms with van der Waals surface area (Å²) in [6.45, 7) is 2.89. The average molecular weight is 340 g/mol. The van der Waals surface area contributed by atoms with E-state index in [9.17, 15) is 22.8 Å². The van der Waals surface area contributed by atoms with Gasteiger partial charge in [-0.3, -0.25) is 4.79 Å². The molecule has 1 aliphatic heterocycles. The summed E-state index contributed by atoms with van der Waals surface area (Å²) in [5.41, 5.74) is -0.284. The van der Waals surface area contributed by atoms with Crippen molar-refractivity contribution >= 4 is 12.0 Å². The highest BCUT2D eigenvalue weighted by molar-refractivity contribution is 5.77. The van der Waals surface area contributed by atoms with Crippen molar-refractivity contribution in [1.82, 2.24) is 10.2 Å². The SMILES string of the molecule is CC(C)(CO)CCCNC(=O)N1C[C@@H](C(F)(F)F)[C@H](C(=O)O)C1. The molecule has 1 rings (SSSR count). The van der Waals surface area contributed by atoms with E-state index in [4.69, 9.17) is 10.2 Å². The van der Waals surface area contributed by atoms with Crippen LogP contribution in [-0.2, 0) is 4.79 Å². The third kappa shape index (κ3) is 5.56. The molecule has 3 N–H and O–H groups in total. The summed E-state index contributed by atoms with van der Waals surface area (Å²) in [4.78, 5) is 23.7. The van der Waals surface area contributed by atoms with Gasteiger partial charge in [0.1, 0.15) is 0 Å². The Balaban J connectivity index is 2.50. The van der Waals surface area contributed by atoms with Gasteiger partial charge in [0.15, 0.2) is 0 Å². The molecule has 2 atom stereocenters. The molecule has 1 heterocycles. The van der Waals surface area contributed by atoms with Crippen LogP contribution in [0.1, 0.15) is 26.7 Å². The molecule has 23 heavy (non-hydrogen) atoms. The fraction of sp³-hybridized carbons (Fsp3) is 0.857. The third-order valence-electron chi connectivity index (χ3n) is 4.08. The predicted molar refractivity (Wildman–Crippen MR) is 75.7 cm³/mol. The molecular weight excluding hydrogens is 317 g/mol. The van der Waals surface area contributed by atoms with E-state index in [0.717, 1.165) is 4.90 Å². The number of halogens is 3. The topological polar surface area (TPSA) is 89.9 Å². The number of aliphatic hydroxyl groups is 1. The van der Waals surface area contributed by atoms with Crippen LogP contribution in [0.3, 0.4) is 0 Å². The highest BCUT2D eigenvalue weighted by Crippen LogP contribution is 2.37. The maximum absolute atomic E-state index is 12.8. The quantitative estimate of drug-likeness (QED) is 0.642. The van der Waals surface area contributed by atoms with Gasteiger partial charge in [0.05, 0.1) is 11.8 Å². The molecule has 0 aromatic heterocycles. The van der Waals surface area contributed by atoms with Gasteiger partial charge in [0, 0.05) is 26.2 Å². The Morgan fingerprint density at radius 1 is 1.26 bits per heavy atom. The minimum absolute atomic E-state index is 0.000621. The van der Waals surface area contributed by atoms with Crippen molar-refractivity contribution in [3.8, 4) is 0 Å². The number of hydrogen-bond acceptors (Lipinski definition) is 3. The lowest BCUT2D eigenvalue weighted by molar-refractivity contribution is -0.187. The number of aliphatic carboxylic acids is 1. The number of carboxylic acid groups (broad SMARTS) is 1. The van der Waals surface area contributed by atoms with E-state index in [-0.39, 0.29) is 18.6 Å². The van der Waals surface area contributed by atoms with Crippen LogP contribution in [0, 0.1) is 17.3 Å². The summed E-state index contributed by atoms with van der Waals surface area (Å²) in [7, 11) is 0. The molecule has 2 amide bonds. The van der Waals surface area contributed by atoms with Crippen LogP contribution in [0.5, 0.6) is 0 Å². The van der Waals surface area contributed by atoms with Crippen LogP contribution >= 0.6 is 0 Å². The number of rotatable bonds is 6. The van der Waals surface area contributed by atoms with Gasteiger partial charge in [-0.15, -0.1) is 0 Å². The predicted octanol–water partition coefficient (Wildman–Crippen LogP) is 1.69. The lowest BCUT2D eigenvalue weighted by Crippen LogP contribution is -2.40. The van der Waals surface area contributed by atoms with Crippen LogP contribution in [0.2, 0.25) is 0 Å². The van der Waals surface area contributed by atoms with Crippen molar-refractivity contribution in [2.75, 3.05) is 26.2 Å². The number of urea groups is 1. The number of hydrogen-bond donors (Lipinski definition) is 3. The Morgan fingerprint density at radius 2 is 1.87 bits per heavy atom. The molecule has 1 saturated heterocycles. The van der Waals surface area contributed by atoms with E-state index in [1.165, 1.54) is 0 Å². The molecule has 134 valence electrons. The maximum atomic E-state index is 12.8. The Bertz CT molecular complexity index is 440. The van der Waals surface area contributed by atoms with Crippen LogP contribution in [0.15, 0.2) is 0 Å². The number of nitrogens with zero attached hydrogens (tertiary/aromatic N) is 1. The van der Waals surface area contributed by atoms with E-state index in [0.29, 0.717) is 12.8 Å². The van der Waals surface area contributed by atoms with Gasteiger partial charge in [-0.1, -0.05) is 13.8 Å². The summed E-state index contributed by atoms with van der Waals surface area (Å²) in [6, 6.07) is -0.690. The Hall–Kier alpha value is -1.51. The molecule has 0 aliphatic carbocycles. The lowest BCUT2D eigenvalue weighted by Gasteiger charge is -2.22. The van der Waals surface area contributed by atoms with Crippen molar-refractivity contribution in [1.29, 1.82) is 0 Å². The maximum Gasteiger partial charge on any atom is 0.394 e. The molecule has 0 aromatic rings. The molecule has 0 bridgehead atoms. The molecule has 6 nitrogen and oxygen atoms in total. The summed E-state index contributed by atoms with van der Waals surface area (Å²) < 4.78 is 38.5. The van der Waals surface area contributed by atoms with Crippen LogP contribution in [0.25, 0.3) is 0 Å². The third-order valence-corrected chi connectivity index (χ3v) is 4.08. The molecule has 0 saturated carbocycles. The summed E-state index contributed by atoms with van der Waals surface area (Å²) in [5, 5.41) is 20.5. The van der Waals surface area contributed by atoms with Gasteiger partial charge < -0.3 is 20.4 Å². The van der Waals surface area contributed by atoms with Crippen molar-refractivity contribution in [2.24, 2.45) is 17.3 Å². The molecule has 1 aliphatic rings. The zero-order valence-electron chi connectivity index (χ0n) is 13.2. The Labute approximate surface area is 132 Å². The van der Waals surface area contributed by atoms with Gasteiger partial charge in [-0.25, -0.2) is 4.79 Å². The van der Waals surface area contributed by atoms with Crippen LogP contribution < -0.4 is 5.32 Å². The normalized spacial score (nSPS) is 22.3. The smallest absolute Gasteiger partial charge is 0.394 e. The average Bonchev–Trinajstić information content (AvgIpc) is 2.89. The van der Waals surface area contributed by atoms with E-state index >= 15 is 0 Å². The second kappa shape index (κ2) is 7.37. The highest BCUT2D eigenvalue weighted by Gasteiger charge is 2.53. The first-order valence-electron chi connectivity index (χ1n) is 7.41. The van der Waals surface area contributed by atoms with Gasteiger partial charge in [0.2, 0.25) is 0 Å². The van der Waals surface area contributed by atoms with E-state index < -0.39 is 43.1 Å². The molecular formula is C14H23F3N2O4. The monoisotopic (exact) mass is 340 g/mol. The standard InChI is InChI=1S/C14H23F3N2O4/c1-13(2,8-20)4-3-5-18-12(23)19-6-9(11(21)22)10(7-19)14(15,16)17/h9-10,20H,3-8H2,1-2H3,(H,18,23)(H,21,22)/t9-,10-/m1/s1. The second-order valence-corrected chi connectivity index (χ2v) is 6.66. The summed E-state index contributed by atoms with van der Waals surface area (Å²) in [5.74, 6) is -5.22. The Kier molecular flexibility index (Phi) is 6.26. The summed E-state index contributed by atoms with van der Waals surface area (Å²) in [6.07, 6.45) is -3.44. The number of alkyl halides is 3. The number of carbonyl (C=O) groups excluding carboxylic acids is 1. The van der Waals surface area contributed by atoms with Gasteiger partial charge in [0.25, 0.3) is 0 Å². The van der Waals surface area contributed by atoms with Crippen LogP contribution in [0.4, 0.5) is 18.0 Å². The first kappa shape index (κ1) is 19.5. The fourth-order valence-corrected chi connectivity index (χ4v) is 2.50. The number of aliphatic hydroxyl groups excluding tert-OH is 1. The highest BCUT2D eigenvalue weighted by atomic mass is 19.4. The van der Waals surface area contributed by atoms with E-state index in [2.05, 4.69) is 5.32 Å². The molecule has 1 fully saturated rings. The summed E-state index contributed by atoms with van der Waals surface area (Å²) >= 11 is 0. The van der Waals surface area contributed by atoms with Crippen LogP contribution in [-0.4, -0.2) is 59.5 Å². The molecule has 0 unspecified atom stereocenters. The number of carbonyl (C=O) groups is 2. The first-order chi connectivity index (χ1) is 10.5. The zero-order valence-corrected chi connectivity index (χ0v) is 13.2. The van der Waals surface area contributed by atoms with Crippen molar-refractivity contribution in [3.05, 3.63) is 0 Å². The van der Waals surface area contributed by atoms with Gasteiger partial charge in [-0.2, -0.15) is 13.2 Å². The van der Waals surface area contributed by atoms with E-state index in [1.807, 2.05) is 13.8 Å². The number of amides is 2. The molecule has 0 spiro atoms. The largest absolute Gasteiger partial charge is 0.481 e. The van der Waals surface area contributed by atoms with Crippen molar-refractivity contribution in [3.63, 3.8) is 0 Å². The van der Waals surface area contributed by atoms with Crippen molar-refractivity contribution in [2.45, 2.75) is 32.9 Å². The van der Waals surface area contributed by atoms with E-state index in [1.54, 1.807) is 0 Å². The Morgan fingerprint density at radius 3 is 2.30 bits per heavy atom. The lowest BCUT2D eigenvalue weighted by atomic mass is 9.89. The zero-order chi connectivity index (χ0) is 17.8. The number of carboxylic acids is 1. The molecule has 0 radical (unpaired) electrons. The minimum Gasteiger partial charge on any atom is -0.481 e. The van der Waals surface area contributed by atoms with Gasteiger partial charge >= 0.3 is 18.2 Å². The fourth-order valence-electron chi connectivity index (χ4n) is 2.50. The molecule has 0 aromatic carbocycles. The number of likely N-dealkylation sites (tertiary alicyclic amines) is 1. The molecule has 9 heteroatoms. The van der Waals surface area contributed by atoms with Crippen molar-refractivity contribution < 1.29 is 33.0 Å². The number of nitrogens with one attached hydrogen (secondary N) is 1. The second-order valence-electron chi connectivity index (χ2n) is 6.66.